The zero-order valence-electron chi connectivity index (χ0n) is 20.6. The third-order valence-corrected chi connectivity index (χ3v) is 6.90. The first-order valence-electron chi connectivity index (χ1n) is 11.9. The first-order chi connectivity index (χ1) is 19.3. The van der Waals surface area contributed by atoms with Crippen LogP contribution in [0.25, 0.3) is 22.2 Å². The van der Waals surface area contributed by atoms with E-state index in [4.69, 9.17) is 27.9 Å². The number of fused-ring (bicyclic) bond motifs is 1. The molecule has 1 aromatic heterocycles. The number of nitrogens with zero attached hydrogens (tertiary/aromatic N) is 2. The van der Waals surface area contributed by atoms with Crippen molar-refractivity contribution in [1.82, 2.24) is 9.78 Å². The van der Waals surface area contributed by atoms with Gasteiger partial charge in [-0.3, -0.25) is 4.68 Å². The van der Waals surface area contributed by atoms with Gasteiger partial charge in [0, 0.05) is 21.5 Å². The van der Waals surface area contributed by atoms with E-state index in [-0.39, 0.29) is 46.1 Å². The van der Waals surface area contributed by atoms with E-state index in [1.165, 1.54) is 41.1 Å². The Labute approximate surface area is 238 Å². The summed E-state index contributed by atoms with van der Waals surface area (Å²) < 4.78 is 103. The molecule has 5 rings (SSSR count). The molecule has 0 unspecified atom stereocenters. The molecule has 0 aliphatic heterocycles. The minimum Gasteiger partial charge on any atom is -0.487 e. The van der Waals surface area contributed by atoms with Crippen LogP contribution in [-0.4, -0.2) is 9.78 Å². The van der Waals surface area contributed by atoms with Gasteiger partial charge in [0.25, 0.3) is 0 Å². The Bertz CT molecular complexity index is 1750. The molecular weight excluding hydrogens is 596 g/mol. The van der Waals surface area contributed by atoms with Gasteiger partial charge < -0.3 is 4.74 Å². The van der Waals surface area contributed by atoms with Crippen LogP contribution in [0, 0.1) is 5.82 Å². The number of ether oxygens (including phenoxy) is 1. The van der Waals surface area contributed by atoms with Crippen molar-refractivity contribution in [2.24, 2.45) is 0 Å². The number of rotatable bonds is 6. The topological polar surface area (TPSA) is 27.1 Å². The summed E-state index contributed by atoms with van der Waals surface area (Å²) in [5.41, 5.74) is -0.975. The maximum atomic E-state index is 14.7. The van der Waals surface area contributed by atoms with Crippen LogP contribution in [0.3, 0.4) is 0 Å². The normalized spacial score (nSPS) is 12.2. The molecule has 4 aromatic carbocycles. The van der Waals surface area contributed by atoms with Crippen molar-refractivity contribution < 1.29 is 35.5 Å². The zero-order chi connectivity index (χ0) is 29.5. The van der Waals surface area contributed by atoms with Crippen LogP contribution < -0.4 is 4.74 Å². The van der Waals surface area contributed by atoms with E-state index < -0.39 is 34.3 Å². The number of hydrogen-bond donors (Lipinski definition) is 0. The van der Waals surface area contributed by atoms with Crippen molar-refractivity contribution in [3.63, 3.8) is 0 Å². The highest BCUT2D eigenvalue weighted by molar-refractivity contribution is 6.33. The summed E-state index contributed by atoms with van der Waals surface area (Å²) in [5, 5.41) is 3.96. The van der Waals surface area contributed by atoms with Crippen LogP contribution in [-0.2, 0) is 25.5 Å². The number of hydrogen-bond acceptors (Lipinski definition) is 2. The summed E-state index contributed by atoms with van der Waals surface area (Å²) in [7, 11) is 0. The number of aromatic nitrogens is 2. The third-order valence-electron chi connectivity index (χ3n) is 6.27. The fourth-order valence-electron chi connectivity index (χ4n) is 4.42. The number of alkyl halides is 6. The molecule has 0 saturated carbocycles. The summed E-state index contributed by atoms with van der Waals surface area (Å²) in [6, 6.07) is 17.4. The van der Waals surface area contributed by atoms with Gasteiger partial charge in [-0.1, -0.05) is 65.7 Å². The molecule has 1 heterocycles. The van der Waals surface area contributed by atoms with Crippen LogP contribution in [0.4, 0.5) is 30.7 Å². The highest BCUT2D eigenvalue weighted by atomic mass is 35.5. The zero-order valence-corrected chi connectivity index (χ0v) is 22.1. The molecule has 0 spiro atoms. The summed E-state index contributed by atoms with van der Waals surface area (Å²) in [6.07, 6.45) is -9.37. The van der Waals surface area contributed by atoms with Gasteiger partial charge >= 0.3 is 12.4 Å². The van der Waals surface area contributed by atoms with E-state index in [0.717, 1.165) is 18.2 Å². The van der Waals surface area contributed by atoms with Crippen molar-refractivity contribution >= 4 is 34.1 Å². The Hall–Kier alpha value is -3.76. The highest BCUT2D eigenvalue weighted by Crippen LogP contribution is 2.40. The van der Waals surface area contributed by atoms with Gasteiger partial charge in [-0.25, -0.2) is 4.39 Å². The maximum Gasteiger partial charge on any atom is 0.418 e. The Kier molecular flexibility index (Phi) is 7.65. The average Bonchev–Trinajstić information content (AvgIpc) is 3.26. The van der Waals surface area contributed by atoms with Crippen molar-refractivity contribution in [2.45, 2.75) is 25.5 Å². The summed E-state index contributed by atoms with van der Waals surface area (Å²) >= 11 is 11.8. The van der Waals surface area contributed by atoms with Crippen molar-refractivity contribution in [2.75, 3.05) is 0 Å². The Morgan fingerprint density at radius 1 is 0.780 bits per heavy atom. The van der Waals surface area contributed by atoms with Gasteiger partial charge in [0.05, 0.1) is 28.4 Å². The van der Waals surface area contributed by atoms with Gasteiger partial charge in [0.15, 0.2) is 0 Å². The second-order valence-corrected chi connectivity index (χ2v) is 9.86. The van der Waals surface area contributed by atoms with Gasteiger partial charge in [-0.15, -0.1) is 0 Å². The van der Waals surface area contributed by atoms with E-state index >= 15 is 0 Å². The molecule has 0 saturated heterocycles. The lowest BCUT2D eigenvalue weighted by Gasteiger charge is -2.14. The van der Waals surface area contributed by atoms with Crippen molar-refractivity contribution in [3.8, 4) is 17.0 Å². The lowest BCUT2D eigenvalue weighted by Crippen LogP contribution is -2.08. The first-order valence-corrected chi connectivity index (χ1v) is 12.7. The molecule has 0 radical (unpaired) electrons. The molecule has 212 valence electrons. The van der Waals surface area contributed by atoms with Gasteiger partial charge in [0.2, 0.25) is 0 Å². The molecule has 41 heavy (non-hydrogen) atoms. The van der Waals surface area contributed by atoms with Crippen LogP contribution in [0.15, 0.2) is 78.9 Å². The SMILES string of the molecule is Fc1cc(Cl)ccc1Cn1nc2c(C(F)(F)F)cccc2c1-c1cccc(COc2cccc(C(F)(F)F)c2Cl)c1. The van der Waals surface area contributed by atoms with Gasteiger partial charge in [-0.05, 0) is 42.0 Å². The Morgan fingerprint density at radius 2 is 1.46 bits per heavy atom. The molecular formula is C29H17Cl2F7N2O. The summed E-state index contributed by atoms with van der Waals surface area (Å²) in [5.74, 6) is -0.838. The minimum absolute atomic E-state index is 0.149. The average molecular weight is 613 g/mol. The Morgan fingerprint density at radius 3 is 2.17 bits per heavy atom. The number of benzene rings is 4. The van der Waals surface area contributed by atoms with E-state index in [9.17, 15) is 30.7 Å². The lowest BCUT2D eigenvalue weighted by molar-refractivity contribution is -0.138. The third kappa shape index (κ3) is 5.99. The second-order valence-electron chi connectivity index (χ2n) is 9.05. The molecule has 12 heteroatoms. The molecule has 0 aliphatic carbocycles. The van der Waals surface area contributed by atoms with Crippen LogP contribution in [0.2, 0.25) is 10.0 Å². The Balaban J connectivity index is 1.56. The first kappa shape index (κ1) is 28.8. The molecule has 0 amide bonds. The molecule has 0 fully saturated rings. The standard InChI is InChI=1S/C29H17Cl2F7N2O/c30-19-11-10-18(23(32)13-19)14-40-27(20-6-2-8-22(26(20)39-40)29(36,37)38)17-5-1-4-16(12-17)15-41-24-9-3-7-21(25(24)31)28(33,34)35/h1-13H,14-15H2. The number of halogens is 9. The molecule has 0 N–H and O–H groups in total. The molecule has 0 atom stereocenters. The molecule has 5 aromatic rings. The van der Waals surface area contributed by atoms with Crippen LogP contribution in [0.5, 0.6) is 5.75 Å². The van der Waals surface area contributed by atoms with E-state index in [2.05, 4.69) is 5.10 Å². The summed E-state index contributed by atoms with van der Waals surface area (Å²) in [6.45, 7) is -0.397. The quantitative estimate of drug-likeness (QED) is 0.178. The van der Waals surface area contributed by atoms with Crippen molar-refractivity contribution in [1.29, 1.82) is 0 Å². The minimum atomic E-state index is -4.69. The van der Waals surface area contributed by atoms with E-state index in [0.29, 0.717) is 11.1 Å². The second kappa shape index (κ2) is 10.9. The van der Waals surface area contributed by atoms with Crippen molar-refractivity contribution in [3.05, 3.63) is 117 Å². The van der Waals surface area contributed by atoms with Crippen LogP contribution in [0.1, 0.15) is 22.3 Å². The fraction of sp³-hybridized carbons (Fsp3) is 0.138. The summed E-state index contributed by atoms with van der Waals surface area (Å²) in [4.78, 5) is 0. The largest absolute Gasteiger partial charge is 0.487 e. The van der Waals surface area contributed by atoms with Gasteiger partial charge in [-0.2, -0.15) is 31.4 Å². The maximum absolute atomic E-state index is 14.7. The van der Waals surface area contributed by atoms with E-state index in [1.54, 1.807) is 24.3 Å². The molecule has 3 nitrogen and oxygen atoms in total. The van der Waals surface area contributed by atoms with Gasteiger partial charge in [0.1, 0.15) is 23.7 Å². The molecule has 0 bridgehead atoms. The lowest BCUT2D eigenvalue weighted by atomic mass is 10.0. The monoisotopic (exact) mass is 612 g/mol. The predicted molar refractivity (Wildman–Crippen MR) is 141 cm³/mol. The van der Waals surface area contributed by atoms with Crippen LogP contribution >= 0.6 is 23.2 Å². The highest BCUT2D eigenvalue weighted by Gasteiger charge is 2.35. The fourth-order valence-corrected chi connectivity index (χ4v) is 4.87. The smallest absolute Gasteiger partial charge is 0.418 e. The molecule has 0 aliphatic rings. The predicted octanol–water partition coefficient (Wildman–Crippen LogP) is 9.81. The van der Waals surface area contributed by atoms with E-state index in [1.807, 2.05) is 0 Å².